The Kier molecular flexibility index (Phi) is 15.3. The maximum absolute atomic E-state index is 9.23. The summed E-state index contributed by atoms with van der Waals surface area (Å²) < 4.78 is 6.61. The van der Waals surface area contributed by atoms with Crippen molar-refractivity contribution in [3.05, 3.63) is 370 Å². The summed E-state index contributed by atoms with van der Waals surface area (Å²) in [7, 11) is 0.798. The third kappa shape index (κ3) is 10.1. The van der Waals surface area contributed by atoms with Crippen molar-refractivity contribution in [3.8, 4) is 33.4 Å². The number of fused-ring (bicyclic) bond motifs is 24. The topological polar surface area (TPSA) is 29.5 Å². The number of hydrogen-bond donors (Lipinski definition) is 1. The van der Waals surface area contributed by atoms with Crippen molar-refractivity contribution in [2.75, 3.05) is 0 Å². The minimum atomic E-state index is 0.0129. The molecule has 13 aliphatic carbocycles. The maximum atomic E-state index is 9.23. The molecule has 0 aliphatic heterocycles. The minimum Gasteiger partial charge on any atom is -0.537 e. The lowest BCUT2D eigenvalue weighted by Crippen LogP contribution is -2.50. The van der Waals surface area contributed by atoms with Gasteiger partial charge in [0.05, 0.1) is 0 Å². The van der Waals surface area contributed by atoms with Gasteiger partial charge in [-0.2, -0.15) is 0 Å². The van der Waals surface area contributed by atoms with E-state index in [4.69, 9.17) is 4.65 Å². The first-order valence-corrected chi connectivity index (χ1v) is 36.7. The number of allylic oxidation sites excluding steroid dienone is 31. The molecule has 1 radical (unpaired) electrons. The Balaban J connectivity index is 0.000000116. The smallest absolute Gasteiger partial charge is 0.537 e. The van der Waals surface area contributed by atoms with E-state index in [1.807, 2.05) is 6.07 Å². The van der Waals surface area contributed by atoms with Gasteiger partial charge < -0.3 is 9.68 Å². The van der Waals surface area contributed by atoms with Crippen LogP contribution in [-0.2, 0) is 15.5 Å². The van der Waals surface area contributed by atoms with E-state index in [9.17, 15) is 5.02 Å². The molecule has 2 saturated carbocycles. The van der Waals surface area contributed by atoms with Crippen LogP contribution < -0.4 is 0 Å². The van der Waals surface area contributed by atoms with Crippen LogP contribution in [0.25, 0.3) is 55.5 Å². The van der Waals surface area contributed by atoms with Gasteiger partial charge in [0, 0.05) is 38.6 Å². The molecule has 479 valence electrons. The molecule has 2 fully saturated rings. The summed E-state index contributed by atoms with van der Waals surface area (Å²) in [5, 5.41) is 11.8. The fraction of sp³-hybridized carbons (Fsp3) is 0.234. The van der Waals surface area contributed by atoms with Crippen LogP contribution in [0, 0.1) is 88.8 Å². The van der Waals surface area contributed by atoms with Crippen molar-refractivity contribution in [3.63, 3.8) is 0 Å². The molecule has 2 nitrogen and oxygen atoms in total. The van der Waals surface area contributed by atoms with Crippen molar-refractivity contribution >= 4 is 45.7 Å². The second-order valence-electron chi connectivity index (χ2n) is 30.5. The molecule has 16 unspecified atom stereocenters. The van der Waals surface area contributed by atoms with Crippen LogP contribution in [0.3, 0.4) is 0 Å². The normalized spacial score (nSPS) is 30.9. The van der Waals surface area contributed by atoms with Crippen LogP contribution >= 0.6 is 15.9 Å². The molecule has 7 aromatic carbocycles. The molecular weight excluding hydrogens is 1250 g/mol. The minimum absolute atomic E-state index is 0.0129. The molecule has 4 heteroatoms. The van der Waals surface area contributed by atoms with Crippen LogP contribution in [-0.4, -0.2) is 12.7 Å². The average Bonchev–Trinajstić information content (AvgIpc) is 0.991. The highest BCUT2D eigenvalue weighted by molar-refractivity contribution is 9.10. The Morgan fingerprint density at radius 2 is 0.847 bits per heavy atom. The van der Waals surface area contributed by atoms with Crippen molar-refractivity contribution in [2.24, 2.45) is 88.8 Å². The summed E-state index contributed by atoms with van der Waals surface area (Å²) in [6.45, 7) is 9.42. The van der Waals surface area contributed by atoms with E-state index < -0.39 is 0 Å². The van der Waals surface area contributed by atoms with E-state index in [1.54, 1.807) is 5.57 Å². The predicted octanol–water partition coefficient (Wildman–Crippen LogP) is 22.5. The first-order chi connectivity index (χ1) is 48.0. The first kappa shape index (κ1) is 61.3. The van der Waals surface area contributed by atoms with Gasteiger partial charge in [0.1, 0.15) is 5.76 Å². The SMILES string of the molecule is CC1(C)c2ccccc2-c2ccc(-c3ccc4ccc(Br)cc4c3)cc21.CC1(C)c2ccccc2-c2ccc(C3=CC4C=C(C5=CC6C7C=CC=CC7C7C=CC=CC7C6C6C=CC=CC56)C=CC4C=C3)cc21.O[B]OC1=CC2C3C=CC=CC3C3C=CC=CC3C2c2ccccc21. The number of halogens is 1. The lowest BCUT2D eigenvalue weighted by Gasteiger charge is -2.55. The zero-order valence-electron chi connectivity index (χ0n) is 56.1. The van der Waals surface area contributed by atoms with E-state index in [1.165, 1.54) is 88.7 Å². The number of hydrogen-bond acceptors (Lipinski definition) is 2. The Bertz CT molecular complexity index is 4970. The highest BCUT2D eigenvalue weighted by Crippen LogP contribution is 2.61. The van der Waals surface area contributed by atoms with Crippen molar-refractivity contribution < 1.29 is 9.68 Å². The summed E-state index contributed by atoms with van der Waals surface area (Å²) in [6, 6.07) is 53.5. The van der Waals surface area contributed by atoms with Gasteiger partial charge in [0.2, 0.25) is 0 Å². The molecule has 0 aromatic heterocycles. The first-order valence-electron chi connectivity index (χ1n) is 35.9. The van der Waals surface area contributed by atoms with Crippen LogP contribution in [0.4, 0.5) is 0 Å². The standard InChI is InChI=1S/C47H42.C25H19Br.C22H20BO2/c1-47(2)44-18-10-9-15-38(44)39-24-23-31(27-45(39)47)30-21-19-29-20-22-32(26-33(29)25-30)42-28-43-36-13-4-3-11-34(36)35-12-5-7-16-40(35)46(43)41-17-8-6-14-37(41)42;1-25(2)23-6-4-3-5-21(23)22-12-10-18(15-24(22)25)17-8-7-16-9-11-20(26)14-19(16)13-17;24-23-25-21-13-20-16-9-2-1-7-14(16)15-8-3-5-11-18(15)22(20)19-12-6-4-10-17(19)21/h3-29,33-37,40-41,43,46H,1-2H3;3-15H,1-2H3;1-16,18,20,22,24H. The van der Waals surface area contributed by atoms with Gasteiger partial charge in [-0.25, -0.2) is 0 Å². The lowest BCUT2D eigenvalue weighted by atomic mass is 9.48. The second-order valence-corrected chi connectivity index (χ2v) is 31.4. The molecule has 20 rings (SSSR count). The Morgan fingerprint density at radius 1 is 0.367 bits per heavy atom. The average molecular weight is 1330 g/mol. The fourth-order valence-electron chi connectivity index (χ4n) is 20.4. The summed E-state index contributed by atoms with van der Waals surface area (Å²) in [5.41, 5.74) is 22.0. The van der Waals surface area contributed by atoms with E-state index in [0.717, 1.165) is 23.5 Å². The lowest BCUT2D eigenvalue weighted by molar-refractivity contribution is 0.0467. The summed E-state index contributed by atoms with van der Waals surface area (Å²) in [6.07, 6.45) is 67.0. The summed E-state index contributed by atoms with van der Waals surface area (Å²) in [5.74, 6) is 8.76. The van der Waals surface area contributed by atoms with E-state index >= 15 is 0 Å². The molecule has 16 atom stereocenters. The van der Waals surface area contributed by atoms with Crippen LogP contribution in [0.2, 0.25) is 0 Å². The zero-order chi connectivity index (χ0) is 66.0. The second kappa shape index (κ2) is 24.4. The highest BCUT2D eigenvalue weighted by Gasteiger charge is 2.54. The monoisotopic (exact) mass is 1330 g/mol. The molecule has 0 saturated heterocycles. The number of rotatable bonds is 5. The Hall–Kier alpha value is -9.06. The predicted molar refractivity (Wildman–Crippen MR) is 411 cm³/mol. The third-order valence-electron chi connectivity index (χ3n) is 25.0. The molecule has 0 heterocycles. The van der Waals surface area contributed by atoms with Gasteiger partial charge in [0.15, 0.2) is 0 Å². The van der Waals surface area contributed by atoms with Crippen molar-refractivity contribution in [1.29, 1.82) is 0 Å². The van der Waals surface area contributed by atoms with E-state index in [-0.39, 0.29) is 10.8 Å². The Labute approximate surface area is 588 Å². The third-order valence-corrected chi connectivity index (χ3v) is 25.5. The molecule has 0 bridgehead atoms. The van der Waals surface area contributed by atoms with Crippen LogP contribution in [0.5, 0.6) is 0 Å². The highest BCUT2D eigenvalue weighted by atomic mass is 79.9. The summed E-state index contributed by atoms with van der Waals surface area (Å²) >= 11 is 3.59. The molecule has 0 spiro atoms. The maximum Gasteiger partial charge on any atom is 0.569 e. The Morgan fingerprint density at radius 3 is 1.51 bits per heavy atom. The van der Waals surface area contributed by atoms with Gasteiger partial charge in [-0.3, -0.25) is 0 Å². The van der Waals surface area contributed by atoms with Crippen LogP contribution in [0.1, 0.15) is 72.6 Å². The fourth-order valence-corrected chi connectivity index (χ4v) is 20.8. The quantitative estimate of drug-likeness (QED) is 0.174. The van der Waals surface area contributed by atoms with Gasteiger partial charge >= 0.3 is 7.69 Å². The van der Waals surface area contributed by atoms with Gasteiger partial charge in [-0.15, -0.1) is 0 Å². The van der Waals surface area contributed by atoms with Gasteiger partial charge in [-0.05, 0) is 208 Å². The van der Waals surface area contributed by atoms with Crippen molar-refractivity contribution in [2.45, 2.75) is 44.4 Å². The summed E-state index contributed by atoms with van der Waals surface area (Å²) in [4.78, 5) is 0. The molecular formula is C94H81BBrO2. The van der Waals surface area contributed by atoms with E-state index in [2.05, 4.69) is 353 Å². The molecule has 98 heavy (non-hydrogen) atoms. The molecule has 0 amide bonds. The zero-order valence-corrected chi connectivity index (χ0v) is 57.7. The molecule has 7 aromatic rings. The van der Waals surface area contributed by atoms with Crippen LogP contribution in [0.15, 0.2) is 331 Å². The molecule has 13 aliphatic rings. The van der Waals surface area contributed by atoms with Gasteiger partial charge in [0.25, 0.3) is 0 Å². The number of benzene rings is 7. The van der Waals surface area contributed by atoms with Gasteiger partial charge in [-0.1, -0.05) is 323 Å². The largest absolute Gasteiger partial charge is 0.569 e. The van der Waals surface area contributed by atoms with Crippen molar-refractivity contribution in [1.82, 2.24) is 0 Å². The van der Waals surface area contributed by atoms with E-state index in [0.29, 0.717) is 94.7 Å². The molecule has 1 N–H and O–H groups in total.